The Morgan fingerprint density at radius 2 is 0.928 bits per heavy atom. The molecule has 2 N–H and O–H groups in total. The molecule has 2 saturated carbocycles. The second-order valence-corrected chi connectivity index (χ2v) is 25.1. The van der Waals surface area contributed by atoms with Crippen LogP contribution in [0, 0.1) is 16.7 Å². The fourth-order valence-corrected chi connectivity index (χ4v) is 13.7. The minimum Gasteiger partial charge on any atom is -0.459 e. The molecule has 3 aliphatic carbocycles. The lowest BCUT2D eigenvalue weighted by molar-refractivity contribution is -0.346. The predicted octanol–water partition coefficient (Wildman–Crippen LogP) is 14.9. The molecule has 9 aromatic rings. The number of fused-ring (bicyclic) bond motifs is 5. The largest absolute Gasteiger partial charge is 0.459 e. The number of carbonyl (C=O) groups is 5. The third kappa shape index (κ3) is 15.5. The van der Waals surface area contributed by atoms with Crippen LogP contribution < -0.4 is 0 Å². The summed E-state index contributed by atoms with van der Waals surface area (Å²) in [7, 11) is 0. The van der Waals surface area contributed by atoms with E-state index in [1.54, 1.807) is 51.1 Å². The van der Waals surface area contributed by atoms with Crippen LogP contribution in [0.25, 0.3) is 22.3 Å². The molecule has 2 aliphatic heterocycles. The quantitative estimate of drug-likeness (QED) is 0.0747. The molecule has 11 atom stereocenters. The average molecular weight is 1300 g/mol. The summed E-state index contributed by atoms with van der Waals surface area (Å²) in [6.07, 6.45) is -9.21. The number of esters is 4. The zero-order chi connectivity index (χ0) is 68.6. The summed E-state index contributed by atoms with van der Waals surface area (Å²) in [6.45, 7) is 8.36. The highest BCUT2D eigenvalue weighted by atomic mass is 16.6. The molecule has 3 fully saturated rings. The predicted molar refractivity (Wildman–Crippen MR) is 372 cm³/mol. The van der Waals surface area contributed by atoms with Gasteiger partial charge in [-0.05, 0) is 77.1 Å². The van der Waals surface area contributed by atoms with Crippen molar-refractivity contribution in [3.8, 4) is 22.3 Å². The van der Waals surface area contributed by atoms with E-state index in [1.807, 2.05) is 146 Å². The molecule has 4 unspecified atom stereocenters. The van der Waals surface area contributed by atoms with Crippen molar-refractivity contribution < 1.29 is 62.6 Å². The monoisotopic (exact) mass is 1300 g/mol. The second-order valence-electron chi connectivity index (χ2n) is 25.1. The minimum absolute atomic E-state index is 0.0913. The van der Waals surface area contributed by atoms with Crippen molar-refractivity contribution in [3.05, 3.63) is 313 Å². The van der Waals surface area contributed by atoms with E-state index in [2.05, 4.69) is 97.1 Å². The van der Waals surface area contributed by atoms with E-state index in [-0.39, 0.29) is 30.1 Å². The average Bonchev–Trinajstić information content (AvgIpc) is 1.51. The lowest BCUT2D eigenvalue weighted by atomic mass is 9.44. The molecule has 14 nitrogen and oxygen atoms in total. The van der Waals surface area contributed by atoms with Crippen LogP contribution in [0.1, 0.15) is 81.9 Å². The number of rotatable bonds is 10. The first kappa shape index (κ1) is 69.4. The van der Waals surface area contributed by atoms with Gasteiger partial charge in [0.2, 0.25) is 12.0 Å². The number of benzene rings is 9. The smallest absolute Gasteiger partial charge is 0.350 e. The van der Waals surface area contributed by atoms with E-state index in [1.165, 1.54) is 48.2 Å². The number of aliphatic imine (C=N–C) groups is 1. The molecular formula is C83H81NO13. The molecule has 496 valence electrons. The molecule has 2 bridgehead atoms. The van der Waals surface area contributed by atoms with Crippen molar-refractivity contribution in [1.82, 2.24) is 0 Å². The van der Waals surface area contributed by atoms with Gasteiger partial charge in [-0.3, -0.25) is 14.4 Å². The lowest BCUT2D eigenvalue weighted by Gasteiger charge is -2.67. The Morgan fingerprint density at radius 3 is 1.33 bits per heavy atom. The Kier molecular flexibility index (Phi) is 22.5. The number of Topliss-reactive ketones (excluding diaryl/α,β-unsaturated/α-hetero) is 1. The second kappa shape index (κ2) is 31.5. The molecule has 9 aromatic carbocycles. The molecule has 97 heavy (non-hydrogen) atoms. The fourth-order valence-electron chi connectivity index (χ4n) is 13.7. The molecule has 0 amide bonds. The van der Waals surface area contributed by atoms with Gasteiger partial charge in [-0.2, -0.15) is 0 Å². The molecule has 2 heterocycles. The van der Waals surface area contributed by atoms with Gasteiger partial charge in [0.05, 0.1) is 29.6 Å². The molecule has 1 saturated heterocycles. The molecule has 0 spiro atoms. The first-order valence-corrected chi connectivity index (χ1v) is 32.5. The van der Waals surface area contributed by atoms with Gasteiger partial charge in [0.1, 0.15) is 30.0 Å². The van der Waals surface area contributed by atoms with Gasteiger partial charge >= 0.3 is 23.9 Å². The summed E-state index contributed by atoms with van der Waals surface area (Å²) < 4.78 is 37.0. The Balaban J connectivity index is 0.000000224. The number of nitrogens with zero attached hydrogens (tertiary/aromatic N) is 1. The van der Waals surface area contributed by atoms with Crippen molar-refractivity contribution >= 4 is 35.6 Å². The standard InChI is InChI=1S/C47H49NO13.2C12H10.2C6H6/c1-25-31(58-43(54)37-35(28-16-10-7-11-17-28)48-41(59-37)29-18-12-8-13-19-29)23-47(55)40(60-42(53)30-20-14-9-15-21-30)38-45(6,32(51)22-33-46(38,24-56-33)61-27(3)50)39(52)36(57-26(2)49)34(25)44(47,4)5;2*1-3-7-11(8-4-1)12-9-5-2-6-10-12;2*1-2-4-6-5-3-1/h7-21,31-33,35-38,40,51,55H,22-24H2,1-6H3;2*1-10H;2*1-6H/t31?,32-,33+,35?,36+,37?,38?,40-,45+,46-,47+;;;;/m0..../s1. The number of ether oxygens (including phenoxy) is 6. The summed E-state index contributed by atoms with van der Waals surface area (Å²) >= 11 is 0. The summed E-state index contributed by atoms with van der Waals surface area (Å²) in [6, 6.07) is 90.9. The van der Waals surface area contributed by atoms with Crippen LogP contribution in [-0.4, -0.2) is 100 Å². The third-order valence-corrected chi connectivity index (χ3v) is 18.7. The molecule has 5 aliphatic rings. The Labute approximate surface area is 567 Å². The van der Waals surface area contributed by atoms with Crippen LogP contribution in [-0.2, 0) is 47.6 Å². The molecule has 0 radical (unpaired) electrons. The molecule has 14 rings (SSSR count). The first-order valence-electron chi connectivity index (χ1n) is 32.5. The SMILES string of the molecule is CC(=O)O[C@H]1C(=O)[C@@]2(C)C([C@H](OC(=O)c3ccccc3)[C@]3(O)CC(OC(=O)C4OC(c5ccccc5)=NC4c4ccccc4)C(C)=C1C3(C)C)[C@]1(OC(C)=O)CO[C@@H]1C[C@@H]2O.c1ccc(-c2ccccc2)cc1.c1ccc(-c2ccccc2)cc1.c1ccccc1.c1ccccc1. The van der Waals surface area contributed by atoms with E-state index < -0.39 is 107 Å². The van der Waals surface area contributed by atoms with E-state index >= 15 is 4.79 Å². The Bertz CT molecular complexity index is 3870. The highest BCUT2D eigenvalue weighted by Crippen LogP contribution is 2.64. The topological polar surface area (TPSA) is 194 Å². The van der Waals surface area contributed by atoms with Gasteiger partial charge in [0.15, 0.2) is 17.5 Å². The van der Waals surface area contributed by atoms with Crippen molar-refractivity contribution in [3.63, 3.8) is 0 Å². The molecule has 0 aromatic heterocycles. The maximum absolute atomic E-state index is 15.5. The van der Waals surface area contributed by atoms with Gasteiger partial charge in [0.25, 0.3) is 0 Å². The van der Waals surface area contributed by atoms with Crippen molar-refractivity contribution in [2.75, 3.05) is 6.61 Å². The highest BCUT2D eigenvalue weighted by Gasteiger charge is 2.78. The van der Waals surface area contributed by atoms with Crippen molar-refractivity contribution in [2.45, 2.75) is 108 Å². The summed E-state index contributed by atoms with van der Waals surface area (Å²) in [5, 5.41) is 25.8. The van der Waals surface area contributed by atoms with Gasteiger partial charge in [-0.1, -0.05) is 275 Å². The first-order chi connectivity index (χ1) is 46.9. The van der Waals surface area contributed by atoms with Gasteiger partial charge in [-0.15, -0.1) is 0 Å². The molecular weight excluding hydrogens is 1220 g/mol. The number of carbonyl (C=O) groups excluding carboxylic acids is 5. The number of ketones is 1. The van der Waals surface area contributed by atoms with Gasteiger partial charge in [-0.25, -0.2) is 14.6 Å². The van der Waals surface area contributed by atoms with Crippen LogP contribution in [0.4, 0.5) is 0 Å². The van der Waals surface area contributed by atoms with Crippen LogP contribution in [0.15, 0.2) is 301 Å². The summed E-state index contributed by atoms with van der Waals surface area (Å²) in [4.78, 5) is 75.3. The number of aliphatic hydroxyl groups excluding tert-OH is 1. The van der Waals surface area contributed by atoms with Crippen LogP contribution in [0.2, 0.25) is 0 Å². The van der Waals surface area contributed by atoms with Crippen molar-refractivity contribution in [2.24, 2.45) is 21.7 Å². The van der Waals surface area contributed by atoms with Gasteiger partial charge < -0.3 is 38.6 Å². The maximum Gasteiger partial charge on any atom is 0.350 e. The maximum atomic E-state index is 15.5. The fraction of sp³-hybridized carbons (Fsp3) is 0.253. The van der Waals surface area contributed by atoms with E-state index in [4.69, 9.17) is 33.4 Å². The number of aliphatic hydroxyl groups is 2. The highest BCUT2D eigenvalue weighted by molar-refractivity contribution is 5.98. The van der Waals surface area contributed by atoms with E-state index in [9.17, 15) is 29.4 Å². The van der Waals surface area contributed by atoms with Crippen LogP contribution in [0.5, 0.6) is 0 Å². The summed E-state index contributed by atoms with van der Waals surface area (Å²) in [5.74, 6) is -5.38. The number of hydrogen-bond donors (Lipinski definition) is 2. The normalized spacial score (nSPS) is 25.2. The number of hydrogen-bond acceptors (Lipinski definition) is 14. The van der Waals surface area contributed by atoms with Crippen LogP contribution >= 0.6 is 0 Å². The van der Waals surface area contributed by atoms with Crippen molar-refractivity contribution in [1.29, 1.82) is 0 Å². The van der Waals surface area contributed by atoms with E-state index in [0.717, 1.165) is 6.92 Å². The van der Waals surface area contributed by atoms with Crippen LogP contribution in [0.3, 0.4) is 0 Å². The molecule has 14 heteroatoms. The zero-order valence-electron chi connectivity index (χ0n) is 55.2. The Hall–Kier alpha value is -10.4. The minimum atomic E-state index is -2.30. The summed E-state index contributed by atoms with van der Waals surface area (Å²) in [5.41, 5.74) is -0.694. The lowest BCUT2D eigenvalue weighted by Crippen LogP contribution is -2.82. The van der Waals surface area contributed by atoms with Gasteiger partial charge in [0, 0.05) is 37.7 Å². The zero-order valence-corrected chi connectivity index (χ0v) is 55.2. The Morgan fingerprint density at radius 1 is 0.526 bits per heavy atom. The van der Waals surface area contributed by atoms with E-state index in [0.29, 0.717) is 16.7 Å². The third-order valence-electron chi connectivity index (χ3n) is 18.7.